The molecule has 1 N–H and O–H groups in total. The smallest absolute Gasteiger partial charge is 0.222 e. The first-order valence-electron chi connectivity index (χ1n) is 3.19. The summed E-state index contributed by atoms with van der Waals surface area (Å²) in [4.78, 5) is 10.8. The first-order valence-corrected chi connectivity index (χ1v) is 3.62. The molecule has 0 aliphatic heterocycles. The molecule has 0 radical (unpaired) electrons. The molecule has 0 unspecified atom stereocenters. The molecule has 0 aliphatic rings. The summed E-state index contributed by atoms with van der Waals surface area (Å²) in [7, 11) is 1.63. The second kappa shape index (κ2) is 5.30. The van der Waals surface area contributed by atoms with Gasteiger partial charge in [-0.2, -0.15) is 0 Å². The molecule has 0 aliphatic carbocycles. The molecule has 0 rings (SSSR count). The third-order valence-corrected chi connectivity index (χ3v) is 1.45. The van der Waals surface area contributed by atoms with Crippen molar-refractivity contribution >= 4 is 17.5 Å². The van der Waals surface area contributed by atoms with Crippen LogP contribution in [-0.4, -0.2) is 13.0 Å². The zero-order valence-electron chi connectivity index (χ0n) is 6.23. The van der Waals surface area contributed by atoms with E-state index >= 15 is 0 Å². The Labute approximate surface area is 66.3 Å². The molecule has 0 fully saturated rings. The van der Waals surface area contributed by atoms with Crippen molar-refractivity contribution in [2.75, 3.05) is 7.05 Å². The van der Waals surface area contributed by atoms with E-state index in [2.05, 4.69) is 5.32 Å². The van der Waals surface area contributed by atoms with Crippen LogP contribution in [0.5, 0.6) is 0 Å². The Morgan fingerprint density at radius 3 is 2.80 bits per heavy atom. The average Bonchev–Trinajstić information content (AvgIpc) is 1.98. The van der Waals surface area contributed by atoms with Crippen LogP contribution in [0.1, 0.15) is 13.3 Å². The lowest BCUT2D eigenvalue weighted by atomic mass is 10.1. The number of nitrogens with one attached hydrogen (secondary N) is 1. The second-order valence-electron chi connectivity index (χ2n) is 2.11. The predicted octanol–water partition coefficient (Wildman–Crippen LogP) is 1.51. The van der Waals surface area contributed by atoms with Gasteiger partial charge in [-0.3, -0.25) is 4.79 Å². The maximum atomic E-state index is 10.8. The molecule has 1 amide bonds. The number of carbonyl (C=O) groups excluding carboxylic acids is 1. The molecular formula is C7H12ClNO. The fourth-order valence-corrected chi connectivity index (χ4v) is 0.712. The van der Waals surface area contributed by atoms with E-state index in [9.17, 15) is 4.79 Å². The number of hydrogen-bond acceptors (Lipinski definition) is 1. The van der Waals surface area contributed by atoms with Gasteiger partial charge in [-0.05, 0) is 6.42 Å². The van der Waals surface area contributed by atoms with Crippen molar-refractivity contribution in [1.82, 2.24) is 5.32 Å². The van der Waals surface area contributed by atoms with Gasteiger partial charge < -0.3 is 5.32 Å². The van der Waals surface area contributed by atoms with E-state index in [1.165, 1.54) is 5.54 Å². The van der Waals surface area contributed by atoms with Crippen molar-refractivity contribution in [3.63, 3.8) is 0 Å². The molecular weight excluding hydrogens is 150 g/mol. The van der Waals surface area contributed by atoms with E-state index in [0.717, 1.165) is 0 Å². The molecule has 0 saturated heterocycles. The van der Waals surface area contributed by atoms with E-state index in [1.54, 1.807) is 13.1 Å². The van der Waals surface area contributed by atoms with Gasteiger partial charge in [0.1, 0.15) is 0 Å². The van der Waals surface area contributed by atoms with Crippen molar-refractivity contribution < 1.29 is 4.79 Å². The normalized spacial score (nSPS) is 13.5. The number of carbonyl (C=O) groups is 1. The Kier molecular flexibility index (Phi) is 5.03. The van der Waals surface area contributed by atoms with Crippen LogP contribution in [0.2, 0.25) is 0 Å². The van der Waals surface area contributed by atoms with Gasteiger partial charge >= 0.3 is 0 Å². The summed E-state index contributed by atoms with van der Waals surface area (Å²) in [6, 6.07) is 0. The number of amides is 1. The minimum absolute atomic E-state index is 0.0139. The Bertz CT molecular complexity index is 134. The van der Waals surface area contributed by atoms with E-state index in [4.69, 9.17) is 11.6 Å². The van der Waals surface area contributed by atoms with Gasteiger partial charge in [-0.15, -0.1) is 0 Å². The first kappa shape index (κ1) is 9.50. The fourth-order valence-electron chi connectivity index (χ4n) is 0.609. The van der Waals surface area contributed by atoms with Crippen LogP contribution in [-0.2, 0) is 4.79 Å². The van der Waals surface area contributed by atoms with Crippen molar-refractivity contribution in [2.45, 2.75) is 13.3 Å². The van der Waals surface area contributed by atoms with Gasteiger partial charge in [0.15, 0.2) is 0 Å². The van der Waals surface area contributed by atoms with Crippen LogP contribution in [0.15, 0.2) is 11.6 Å². The summed E-state index contributed by atoms with van der Waals surface area (Å²) >= 11 is 5.28. The van der Waals surface area contributed by atoms with Gasteiger partial charge in [0.2, 0.25) is 5.91 Å². The lowest BCUT2D eigenvalue weighted by Gasteiger charge is -2.04. The third kappa shape index (κ3) is 3.51. The maximum Gasteiger partial charge on any atom is 0.222 e. The van der Waals surface area contributed by atoms with E-state index in [1.807, 2.05) is 6.92 Å². The lowest BCUT2D eigenvalue weighted by Crippen LogP contribution is -2.24. The van der Waals surface area contributed by atoms with E-state index in [0.29, 0.717) is 6.42 Å². The van der Waals surface area contributed by atoms with Gasteiger partial charge in [-0.25, -0.2) is 0 Å². The summed E-state index contributed by atoms with van der Waals surface area (Å²) in [6.45, 7) is 1.86. The van der Waals surface area contributed by atoms with E-state index in [-0.39, 0.29) is 11.8 Å². The minimum atomic E-state index is 0.0139. The van der Waals surface area contributed by atoms with Crippen LogP contribution < -0.4 is 5.32 Å². The molecule has 3 heteroatoms. The average molecular weight is 162 g/mol. The molecule has 0 saturated carbocycles. The molecule has 10 heavy (non-hydrogen) atoms. The molecule has 1 atom stereocenters. The van der Waals surface area contributed by atoms with Crippen molar-refractivity contribution in [3.8, 4) is 0 Å². The number of allylic oxidation sites excluding steroid dienone is 1. The van der Waals surface area contributed by atoms with Gasteiger partial charge in [-0.1, -0.05) is 24.6 Å². The van der Waals surface area contributed by atoms with Gasteiger partial charge in [0.05, 0.1) is 0 Å². The topological polar surface area (TPSA) is 29.1 Å². The summed E-state index contributed by atoms with van der Waals surface area (Å²) in [6.07, 6.45) is 2.46. The Hall–Kier alpha value is -0.500. The predicted molar refractivity (Wildman–Crippen MR) is 42.8 cm³/mol. The van der Waals surface area contributed by atoms with Crippen LogP contribution in [0.4, 0.5) is 0 Å². The highest BCUT2D eigenvalue weighted by molar-refractivity contribution is 6.25. The van der Waals surface area contributed by atoms with Crippen LogP contribution in [0.3, 0.4) is 0 Å². The van der Waals surface area contributed by atoms with Gasteiger partial charge in [0.25, 0.3) is 0 Å². The quantitative estimate of drug-likeness (QED) is 0.668. The lowest BCUT2D eigenvalue weighted by molar-refractivity contribution is -0.123. The maximum absolute atomic E-state index is 10.8. The Morgan fingerprint density at radius 1 is 1.80 bits per heavy atom. The van der Waals surface area contributed by atoms with E-state index < -0.39 is 0 Å². The van der Waals surface area contributed by atoms with Crippen LogP contribution in [0, 0.1) is 5.92 Å². The highest BCUT2D eigenvalue weighted by atomic mass is 35.5. The SMILES string of the molecule is CNC(=O)[C@H](C)C/C=C/Cl. The third-order valence-electron chi connectivity index (χ3n) is 1.27. The monoisotopic (exact) mass is 161 g/mol. The highest BCUT2D eigenvalue weighted by Gasteiger charge is 2.07. The minimum Gasteiger partial charge on any atom is -0.359 e. The molecule has 2 nitrogen and oxygen atoms in total. The molecule has 0 spiro atoms. The first-order chi connectivity index (χ1) is 4.72. The zero-order valence-corrected chi connectivity index (χ0v) is 6.98. The molecule has 0 aromatic carbocycles. The van der Waals surface area contributed by atoms with Crippen molar-refractivity contribution in [1.29, 1.82) is 0 Å². The van der Waals surface area contributed by atoms with Crippen LogP contribution >= 0.6 is 11.6 Å². The zero-order chi connectivity index (χ0) is 7.98. The largest absolute Gasteiger partial charge is 0.359 e. The summed E-state index contributed by atoms with van der Waals surface area (Å²) in [5.74, 6) is 0.0646. The van der Waals surface area contributed by atoms with Crippen LogP contribution in [0.25, 0.3) is 0 Å². The summed E-state index contributed by atoms with van der Waals surface area (Å²) in [5, 5.41) is 2.56. The molecule has 0 aromatic heterocycles. The second-order valence-corrected chi connectivity index (χ2v) is 2.36. The van der Waals surface area contributed by atoms with Gasteiger partial charge in [0, 0.05) is 18.5 Å². The van der Waals surface area contributed by atoms with Crippen molar-refractivity contribution in [2.24, 2.45) is 5.92 Å². The molecule has 0 bridgehead atoms. The summed E-state index contributed by atoms with van der Waals surface area (Å²) < 4.78 is 0. The Balaban J connectivity index is 3.61. The molecule has 0 heterocycles. The molecule has 58 valence electrons. The Morgan fingerprint density at radius 2 is 2.40 bits per heavy atom. The number of rotatable bonds is 3. The standard InChI is InChI=1S/C7H12ClNO/c1-6(4-3-5-8)7(10)9-2/h3,5-6H,4H2,1-2H3,(H,9,10)/b5-3+/t6-/m1/s1. The highest BCUT2D eigenvalue weighted by Crippen LogP contribution is 2.02. The number of halogens is 1. The molecule has 0 aromatic rings. The summed E-state index contributed by atoms with van der Waals surface area (Å²) in [5.41, 5.74) is 1.43. The fraction of sp³-hybridized carbons (Fsp3) is 0.571. The number of hydrogen-bond donors (Lipinski definition) is 1. The van der Waals surface area contributed by atoms with Crippen molar-refractivity contribution in [3.05, 3.63) is 11.6 Å².